The van der Waals surface area contributed by atoms with Gasteiger partial charge in [0.2, 0.25) is 0 Å². The molecular formula is C37H31F6O7S-. The van der Waals surface area contributed by atoms with Gasteiger partial charge >= 0.3 is 29.9 Å². The maximum atomic E-state index is 14.9. The topological polar surface area (TPSA) is 110 Å². The van der Waals surface area contributed by atoms with E-state index in [1.54, 1.807) is 0 Å². The molecule has 0 amide bonds. The van der Waals surface area contributed by atoms with Crippen LogP contribution in [0.5, 0.6) is 0 Å². The molecular weight excluding hydrogens is 702 g/mol. The third kappa shape index (κ3) is 4.84. The second-order valence-electron chi connectivity index (χ2n) is 15.2. The number of benzene rings is 3. The Labute approximate surface area is 289 Å². The number of alkyl halides is 6. The molecule has 7 aliphatic carbocycles. The summed E-state index contributed by atoms with van der Waals surface area (Å²) >= 11 is 0. The monoisotopic (exact) mass is 733 g/mol. The van der Waals surface area contributed by atoms with Gasteiger partial charge in [-0.05, 0) is 83.7 Å². The highest BCUT2D eigenvalue weighted by atomic mass is 32.2. The van der Waals surface area contributed by atoms with Gasteiger partial charge < -0.3 is 14.0 Å². The minimum absolute atomic E-state index is 0.0760. The third-order valence-electron chi connectivity index (χ3n) is 12.0. The summed E-state index contributed by atoms with van der Waals surface area (Å²) in [7, 11) is -6.18. The quantitative estimate of drug-likeness (QED) is 0.148. The van der Waals surface area contributed by atoms with E-state index in [0.29, 0.717) is 19.3 Å². The first-order valence-corrected chi connectivity index (χ1v) is 18.2. The number of carbonyl (C=O) groups is 2. The highest BCUT2D eigenvalue weighted by Crippen LogP contribution is 2.67. The van der Waals surface area contributed by atoms with Gasteiger partial charge in [-0.1, -0.05) is 72.8 Å². The molecule has 0 aliphatic heterocycles. The molecule has 51 heavy (non-hydrogen) atoms. The Morgan fingerprint density at radius 3 is 1.61 bits per heavy atom. The van der Waals surface area contributed by atoms with E-state index < -0.39 is 62.0 Å². The molecule has 4 saturated carbocycles. The van der Waals surface area contributed by atoms with E-state index >= 15 is 0 Å². The van der Waals surface area contributed by atoms with Crippen LogP contribution in [-0.4, -0.2) is 55.2 Å². The molecule has 2 unspecified atom stereocenters. The van der Waals surface area contributed by atoms with E-state index in [9.17, 15) is 48.9 Å². The van der Waals surface area contributed by atoms with Crippen molar-refractivity contribution in [1.82, 2.24) is 0 Å². The van der Waals surface area contributed by atoms with E-state index in [-0.39, 0.29) is 43.6 Å². The number of hydrogen-bond acceptors (Lipinski definition) is 7. The summed E-state index contributed by atoms with van der Waals surface area (Å²) in [6.07, 6.45) is -11.9. The average Bonchev–Trinajstić information content (AvgIpc) is 3.04. The largest absolute Gasteiger partial charge is 0.748 e. The number of rotatable bonds is 7. The van der Waals surface area contributed by atoms with Crippen molar-refractivity contribution in [3.63, 3.8) is 0 Å². The van der Waals surface area contributed by atoms with Crippen LogP contribution in [0.25, 0.3) is 0 Å². The van der Waals surface area contributed by atoms with Crippen LogP contribution in [-0.2, 0) is 34.6 Å². The van der Waals surface area contributed by atoms with Crippen LogP contribution < -0.4 is 0 Å². The van der Waals surface area contributed by atoms with E-state index in [1.165, 1.54) is 0 Å². The first kappa shape index (κ1) is 34.2. The number of carbonyl (C=O) groups excluding carboxylic acids is 2. The SMILES string of the molecule is O=C(OC(CS(=O)(=O)[O-])(C(F)(F)F)C(F)(F)F)C12CC3CC(CC(COC(=O)C45c6ccccc6C(c6ccccc64)c4ccccc45)(C3)C1)C2. The number of ether oxygens (including phenoxy) is 2. The lowest BCUT2D eigenvalue weighted by molar-refractivity contribution is -0.364. The van der Waals surface area contributed by atoms with Gasteiger partial charge in [-0.15, -0.1) is 0 Å². The molecule has 0 heterocycles. The Morgan fingerprint density at radius 2 is 1.18 bits per heavy atom. The Kier molecular flexibility index (Phi) is 7.25. The maximum Gasteiger partial charge on any atom is 0.438 e. The van der Waals surface area contributed by atoms with E-state index in [4.69, 9.17) is 4.74 Å². The van der Waals surface area contributed by atoms with E-state index in [2.05, 4.69) is 4.74 Å². The molecule has 3 aromatic carbocycles. The molecule has 0 radical (unpaired) electrons. The molecule has 0 N–H and O–H groups in total. The van der Waals surface area contributed by atoms with E-state index in [0.717, 1.165) is 33.4 Å². The van der Waals surface area contributed by atoms with Gasteiger partial charge in [0.05, 0.1) is 27.9 Å². The molecule has 10 rings (SSSR count). The van der Waals surface area contributed by atoms with Crippen molar-refractivity contribution in [1.29, 1.82) is 0 Å². The van der Waals surface area contributed by atoms with E-state index in [1.807, 2.05) is 72.8 Å². The van der Waals surface area contributed by atoms with Crippen LogP contribution in [0.4, 0.5) is 26.3 Å². The normalized spacial score (nSPS) is 30.3. The zero-order chi connectivity index (χ0) is 36.4. The molecule has 0 aromatic heterocycles. The zero-order valence-electron chi connectivity index (χ0n) is 26.9. The summed E-state index contributed by atoms with van der Waals surface area (Å²) in [5.74, 6) is -6.19. The Hall–Kier alpha value is -3.91. The molecule has 14 heteroatoms. The molecule has 270 valence electrons. The molecule has 7 aliphatic rings. The Bertz CT molecular complexity index is 1930. The molecule has 4 fully saturated rings. The third-order valence-corrected chi connectivity index (χ3v) is 12.8. The van der Waals surface area contributed by atoms with Gasteiger partial charge in [0.15, 0.2) is 0 Å². The van der Waals surface area contributed by atoms with Gasteiger partial charge in [0.25, 0.3) is 0 Å². The fraction of sp³-hybridized carbons (Fsp3) is 0.459. The van der Waals surface area contributed by atoms with Crippen molar-refractivity contribution in [2.45, 2.75) is 67.8 Å². The second kappa shape index (κ2) is 10.8. The lowest BCUT2D eigenvalue weighted by atomic mass is 9.44. The summed E-state index contributed by atoms with van der Waals surface area (Å²) in [6.45, 7) is -0.246. The molecule has 2 atom stereocenters. The van der Waals surface area contributed by atoms with Gasteiger partial charge in [0.1, 0.15) is 5.41 Å². The first-order chi connectivity index (χ1) is 23.8. The summed E-state index contributed by atoms with van der Waals surface area (Å²) in [6, 6.07) is 22.8. The van der Waals surface area contributed by atoms with Crippen molar-refractivity contribution in [2.75, 3.05) is 12.4 Å². The van der Waals surface area contributed by atoms with Crippen LogP contribution in [0.1, 0.15) is 77.8 Å². The summed E-state index contributed by atoms with van der Waals surface area (Å²) in [5, 5.41) is 0. The van der Waals surface area contributed by atoms with Crippen LogP contribution >= 0.6 is 0 Å². The lowest BCUT2D eigenvalue weighted by Crippen LogP contribution is -2.66. The van der Waals surface area contributed by atoms with Crippen molar-refractivity contribution in [3.8, 4) is 0 Å². The maximum absolute atomic E-state index is 14.9. The van der Waals surface area contributed by atoms with Gasteiger partial charge in [-0.25, -0.2) is 8.42 Å². The molecule has 0 saturated heterocycles. The standard InChI is InChI=1S/C37H32F6O7S/c38-36(39,40)34(37(41,42)43,20-51(46,47)48)50-30(44)33-16-21-13-22(17-33)15-32(14-21,18-33)19-49-31(45)35-26-10-4-1-7-23(26)29(24-8-2-5-11-27(24)35)25-9-3-6-12-28(25)35/h1-12,21-22,29H,13-20H2,(H,46,47,48)/p-1. The van der Waals surface area contributed by atoms with Crippen LogP contribution in [0, 0.1) is 22.7 Å². The Balaban J connectivity index is 1.14. The average molecular weight is 734 g/mol. The molecule has 0 spiro atoms. The highest BCUT2D eigenvalue weighted by Gasteiger charge is 2.76. The van der Waals surface area contributed by atoms with Gasteiger partial charge in [-0.2, -0.15) is 26.3 Å². The zero-order valence-corrected chi connectivity index (χ0v) is 27.7. The highest BCUT2D eigenvalue weighted by molar-refractivity contribution is 7.85. The van der Waals surface area contributed by atoms with Crippen molar-refractivity contribution < 1.29 is 58.4 Å². The minimum atomic E-state index is -6.46. The molecule has 7 nitrogen and oxygen atoms in total. The lowest BCUT2D eigenvalue weighted by Gasteiger charge is -2.61. The van der Waals surface area contributed by atoms with Crippen molar-refractivity contribution in [3.05, 3.63) is 106 Å². The number of halogens is 6. The molecule has 3 aromatic rings. The molecule has 6 bridgehead atoms. The van der Waals surface area contributed by atoms with Crippen LogP contribution in [0.2, 0.25) is 0 Å². The predicted molar refractivity (Wildman–Crippen MR) is 166 cm³/mol. The first-order valence-electron chi connectivity index (χ1n) is 16.6. The van der Waals surface area contributed by atoms with Gasteiger partial charge in [-0.3, -0.25) is 9.59 Å². The number of hydrogen-bond donors (Lipinski definition) is 0. The minimum Gasteiger partial charge on any atom is -0.748 e. The fourth-order valence-electron chi connectivity index (χ4n) is 10.7. The van der Waals surface area contributed by atoms with Crippen LogP contribution in [0.3, 0.4) is 0 Å². The number of esters is 2. The predicted octanol–water partition coefficient (Wildman–Crippen LogP) is 6.91. The summed E-state index contributed by atoms with van der Waals surface area (Å²) in [4.78, 5) is 28.6. The van der Waals surface area contributed by atoms with Crippen molar-refractivity contribution >= 4 is 22.1 Å². The second-order valence-corrected chi connectivity index (χ2v) is 16.6. The fourth-order valence-corrected chi connectivity index (χ4v) is 11.6. The summed E-state index contributed by atoms with van der Waals surface area (Å²) < 4.78 is 129. The Morgan fingerprint density at radius 1 is 0.725 bits per heavy atom. The van der Waals surface area contributed by atoms with Crippen LogP contribution in [0.15, 0.2) is 72.8 Å². The summed E-state index contributed by atoms with van der Waals surface area (Å²) in [5.41, 5.74) is -4.61. The van der Waals surface area contributed by atoms with Gasteiger partial charge in [0, 0.05) is 11.3 Å². The smallest absolute Gasteiger partial charge is 0.438 e. The van der Waals surface area contributed by atoms with Crippen molar-refractivity contribution in [2.24, 2.45) is 22.7 Å².